The molecule has 2 unspecified atom stereocenters. The number of rotatable bonds is 29. The van der Waals surface area contributed by atoms with Crippen molar-refractivity contribution in [1.82, 2.24) is 0 Å². The fourth-order valence-corrected chi connectivity index (χ4v) is 7.12. The standard InChI is InChI=1S/C23H46N2O12P2Si/c1-5-6-7-8-9-15-32-38(26,33-16-10-13-24)36-21-19-31-20-22-37-39(27,34-17-11-14-25)35-18-12-23-40(28-2,29-3)30-4/h5-12,15-23H2,1-4H3. The van der Waals surface area contributed by atoms with Crippen LogP contribution in [0.25, 0.3) is 0 Å². The summed E-state index contributed by atoms with van der Waals surface area (Å²) in [6.07, 6.45) is 5.43. The van der Waals surface area contributed by atoms with Crippen LogP contribution >= 0.6 is 15.6 Å². The van der Waals surface area contributed by atoms with Gasteiger partial charge in [0, 0.05) is 27.4 Å². The van der Waals surface area contributed by atoms with Crippen LogP contribution in [0.5, 0.6) is 0 Å². The quantitative estimate of drug-likeness (QED) is 0.0583. The highest BCUT2D eigenvalue weighted by Gasteiger charge is 2.37. The first-order valence-corrected chi connectivity index (χ1v) is 18.2. The Kier molecular flexibility index (Phi) is 24.4. The van der Waals surface area contributed by atoms with E-state index in [1.807, 2.05) is 12.1 Å². The van der Waals surface area contributed by atoms with E-state index in [1.54, 1.807) is 0 Å². The van der Waals surface area contributed by atoms with E-state index in [0.717, 1.165) is 32.1 Å². The second kappa shape index (κ2) is 24.8. The van der Waals surface area contributed by atoms with E-state index in [9.17, 15) is 9.13 Å². The lowest BCUT2D eigenvalue weighted by atomic mass is 10.2. The molecule has 0 saturated carbocycles. The molecule has 0 aromatic heterocycles. The Morgan fingerprint density at radius 2 is 1.00 bits per heavy atom. The molecule has 0 saturated heterocycles. The molecule has 14 nitrogen and oxygen atoms in total. The Bertz CT molecular complexity index is 799. The average Bonchev–Trinajstić information content (AvgIpc) is 2.95. The molecule has 234 valence electrons. The molecule has 0 amide bonds. The molecule has 0 aliphatic rings. The first-order valence-electron chi connectivity index (χ1n) is 13.3. The number of hydrogen-bond donors (Lipinski definition) is 0. The molecule has 17 heteroatoms. The molecule has 0 aliphatic carbocycles. The number of hydrogen-bond acceptors (Lipinski definition) is 14. The number of unbranched alkanes of at least 4 members (excludes halogenated alkanes) is 4. The van der Waals surface area contributed by atoms with Crippen molar-refractivity contribution in [2.45, 2.75) is 64.3 Å². The van der Waals surface area contributed by atoms with Gasteiger partial charge in [-0.05, 0) is 12.8 Å². The van der Waals surface area contributed by atoms with E-state index in [0.29, 0.717) is 12.5 Å². The van der Waals surface area contributed by atoms with Crippen molar-refractivity contribution >= 4 is 24.4 Å². The highest BCUT2D eigenvalue weighted by Crippen LogP contribution is 2.50. The van der Waals surface area contributed by atoms with Gasteiger partial charge in [0.15, 0.2) is 0 Å². The summed E-state index contributed by atoms with van der Waals surface area (Å²) in [5.74, 6) is 0. The van der Waals surface area contributed by atoms with Gasteiger partial charge in [-0.1, -0.05) is 32.6 Å². The minimum Gasteiger partial charge on any atom is -0.377 e. The number of phosphoric acid groups is 2. The van der Waals surface area contributed by atoms with Gasteiger partial charge in [0.05, 0.1) is 77.8 Å². The van der Waals surface area contributed by atoms with Crippen LogP contribution in [0.3, 0.4) is 0 Å². The summed E-state index contributed by atoms with van der Waals surface area (Å²) in [6.45, 7) is 1.93. The van der Waals surface area contributed by atoms with Crippen LogP contribution in [0, 0.1) is 22.7 Å². The zero-order valence-electron chi connectivity index (χ0n) is 24.2. The van der Waals surface area contributed by atoms with E-state index in [-0.39, 0.29) is 65.7 Å². The fraction of sp³-hybridized carbons (Fsp3) is 0.913. The lowest BCUT2D eigenvalue weighted by molar-refractivity contribution is 0.0407. The Morgan fingerprint density at radius 3 is 1.45 bits per heavy atom. The van der Waals surface area contributed by atoms with E-state index in [1.165, 1.54) is 21.3 Å². The van der Waals surface area contributed by atoms with Crippen LogP contribution < -0.4 is 0 Å². The minimum absolute atomic E-state index is 0.00322. The first kappa shape index (κ1) is 39.3. The summed E-state index contributed by atoms with van der Waals surface area (Å²) in [6, 6.07) is 4.22. The Balaban J connectivity index is 4.52. The predicted octanol–water partition coefficient (Wildman–Crippen LogP) is 5.38. The average molecular weight is 633 g/mol. The number of phosphoric ester groups is 2. The van der Waals surface area contributed by atoms with Crippen molar-refractivity contribution in [2.75, 3.05) is 74.2 Å². The monoisotopic (exact) mass is 632 g/mol. The van der Waals surface area contributed by atoms with Gasteiger partial charge in [-0.15, -0.1) is 0 Å². The van der Waals surface area contributed by atoms with Gasteiger partial charge in [-0.25, -0.2) is 9.13 Å². The molecule has 0 fully saturated rings. The molecule has 0 heterocycles. The molecule has 0 aromatic carbocycles. The van der Waals surface area contributed by atoms with Gasteiger partial charge >= 0.3 is 24.4 Å². The van der Waals surface area contributed by atoms with Crippen molar-refractivity contribution in [2.24, 2.45) is 0 Å². The SMILES string of the molecule is CCCCCCCOP(=O)(OCCC#N)OCCOCCOP(=O)(OCCC#N)OCCC[Si](OC)(OC)OC. The van der Waals surface area contributed by atoms with Crippen molar-refractivity contribution in [1.29, 1.82) is 10.5 Å². The zero-order chi connectivity index (χ0) is 30.0. The van der Waals surface area contributed by atoms with E-state index in [4.69, 9.17) is 55.7 Å². The van der Waals surface area contributed by atoms with Crippen LogP contribution in [-0.4, -0.2) is 83.0 Å². The normalized spacial score (nSPS) is 14.8. The van der Waals surface area contributed by atoms with Crippen molar-refractivity contribution < 1.29 is 54.3 Å². The van der Waals surface area contributed by atoms with Gasteiger partial charge in [0.1, 0.15) is 0 Å². The fourth-order valence-electron chi connectivity index (χ4n) is 3.05. The van der Waals surface area contributed by atoms with Crippen molar-refractivity contribution in [3.8, 4) is 12.1 Å². The highest BCUT2D eigenvalue weighted by atomic mass is 31.2. The summed E-state index contributed by atoms with van der Waals surface area (Å²) in [4.78, 5) is 0. The first-order chi connectivity index (χ1) is 19.3. The highest BCUT2D eigenvalue weighted by molar-refractivity contribution is 7.48. The maximum Gasteiger partial charge on any atom is 0.500 e. The second-order valence-corrected chi connectivity index (χ2v) is 14.6. The number of nitriles is 2. The molecule has 0 aromatic rings. The number of nitrogens with zero attached hydrogens (tertiary/aromatic N) is 2. The van der Waals surface area contributed by atoms with Crippen LogP contribution in [0.4, 0.5) is 0 Å². The summed E-state index contributed by atoms with van der Waals surface area (Å²) in [5, 5.41) is 17.4. The van der Waals surface area contributed by atoms with Gasteiger partial charge in [-0.3, -0.25) is 27.1 Å². The smallest absolute Gasteiger partial charge is 0.377 e. The van der Waals surface area contributed by atoms with Crippen molar-refractivity contribution in [3.63, 3.8) is 0 Å². The maximum atomic E-state index is 12.9. The molecule has 0 rings (SSSR count). The van der Waals surface area contributed by atoms with Crippen LogP contribution in [0.2, 0.25) is 6.04 Å². The van der Waals surface area contributed by atoms with Gasteiger partial charge in [-0.2, -0.15) is 10.5 Å². The third-order valence-corrected chi connectivity index (χ3v) is 11.0. The van der Waals surface area contributed by atoms with Crippen molar-refractivity contribution in [3.05, 3.63) is 0 Å². The maximum absolute atomic E-state index is 12.9. The third kappa shape index (κ3) is 19.4. The zero-order valence-corrected chi connectivity index (χ0v) is 27.0. The molecule has 2 atom stereocenters. The summed E-state index contributed by atoms with van der Waals surface area (Å²) in [7, 11) is -6.12. The molecule has 0 aliphatic heterocycles. The molecule has 40 heavy (non-hydrogen) atoms. The summed E-state index contributed by atoms with van der Waals surface area (Å²) < 4.78 is 78.9. The van der Waals surface area contributed by atoms with Gasteiger partial charge in [0.2, 0.25) is 0 Å². The van der Waals surface area contributed by atoms with Crippen LogP contribution in [0.15, 0.2) is 0 Å². The largest absolute Gasteiger partial charge is 0.500 e. The summed E-state index contributed by atoms with van der Waals surface area (Å²) >= 11 is 0. The molecule has 0 radical (unpaired) electrons. The molecule has 0 spiro atoms. The minimum atomic E-state index is -3.96. The van der Waals surface area contributed by atoms with Gasteiger partial charge in [0.25, 0.3) is 0 Å². The second-order valence-electron chi connectivity index (χ2n) is 8.14. The molecule has 0 bridgehead atoms. The predicted molar refractivity (Wildman–Crippen MR) is 147 cm³/mol. The van der Waals surface area contributed by atoms with E-state index in [2.05, 4.69) is 6.92 Å². The van der Waals surface area contributed by atoms with E-state index < -0.39 is 24.4 Å². The summed E-state index contributed by atoms with van der Waals surface area (Å²) in [5.41, 5.74) is 0. The Hall–Kier alpha value is -0.743. The lowest BCUT2D eigenvalue weighted by Gasteiger charge is -2.24. The topological polar surface area (TPSA) is 174 Å². The molecular formula is C23H46N2O12P2Si. The van der Waals surface area contributed by atoms with E-state index >= 15 is 0 Å². The lowest BCUT2D eigenvalue weighted by Crippen LogP contribution is -2.42. The van der Waals surface area contributed by atoms with Crippen LogP contribution in [0.1, 0.15) is 58.3 Å². The number of ether oxygens (including phenoxy) is 1. The molecule has 0 N–H and O–H groups in total. The van der Waals surface area contributed by atoms with Crippen LogP contribution in [-0.2, 0) is 54.3 Å². The Morgan fingerprint density at radius 1 is 0.575 bits per heavy atom. The molecular weight excluding hydrogens is 586 g/mol. The third-order valence-electron chi connectivity index (χ3n) is 5.19. The van der Waals surface area contributed by atoms with Gasteiger partial charge < -0.3 is 18.0 Å². The Labute approximate surface area is 240 Å².